The van der Waals surface area contributed by atoms with Crippen molar-refractivity contribution < 1.29 is 27.2 Å². The van der Waals surface area contributed by atoms with Crippen LogP contribution < -0.4 is 5.32 Å². The topological polar surface area (TPSA) is 103 Å². The Bertz CT molecular complexity index is 825. The van der Waals surface area contributed by atoms with E-state index < -0.39 is 27.0 Å². The molecule has 2 rings (SSSR count). The van der Waals surface area contributed by atoms with Gasteiger partial charge in [-0.3, -0.25) is 4.79 Å². The van der Waals surface area contributed by atoms with Crippen LogP contribution in [0.15, 0.2) is 52.0 Å². The van der Waals surface area contributed by atoms with E-state index in [9.17, 15) is 18.0 Å². The molecular formula is C17H19NO6S. The first kappa shape index (κ1) is 18.7. The molecule has 0 aliphatic heterocycles. The molecule has 0 saturated heterocycles. The summed E-state index contributed by atoms with van der Waals surface area (Å²) in [4.78, 5) is 23.2. The molecule has 25 heavy (non-hydrogen) atoms. The summed E-state index contributed by atoms with van der Waals surface area (Å²) in [5.74, 6) is -1.89. The third-order valence-electron chi connectivity index (χ3n) is 3.49. The van der Waals surface area contributed by atoms with Crippen molar-refractivity contribution in [1.29, 1.82) is 0 Å². The highest BCUT2D eigenvalue weighted by atomic mass is 32.2. The standard InChI is InChI=1S/C17H19NO6S/c1-3-23-17(20)16(19)18-11-15(14-5-4-10-24-14)25(21,22)13-8-6-12(2)7-9-13/h4-10,15H,3,11H2,1-2H3,(H,18,19)/t15-/m1/s1. The molecule has 0 spiro atoms. The molecule has 0 aliphatic rings. The number of amides is 1. The zero-order valence-corrected chi connectivity index (χ0v) is 14.7. The molecule has 7 nitrogen and oxygen atoms in total. The summed E-state index contributed by atoms with van der Waals surface area (Å²) in [6.45, 7) is 3.15. The molecule has 134 valence electrons. The third-order valence-corrected chi connectivity index (χ3v) is 5.57. The van der Waals surface area contributed by atoms with Crippen molar-refractivity contribution >= 4 is 21.7 Å². The molecule has 0 saturated carbocycles. The van der Waals surface area contributed by atoms with Crippen LogP contribution in [-0.4, -0.2) is 33.4 Å². The summed E-state index contributed by atoms with van der Waals surface area (Å²) in [5, 5.41) is 1.13. The van der Waals surface area contributed by atoms with Crippen LogP contribution in [-0.2, 0) is 24.2 Å². The molecule has 1 aromatic heterocycles. The molecule has 1 atom stereocenters. The molecular weight excluding hydrogens is 346 g/mol. The molecule has 1 aromatic carbocycles. The predicted octanol–water partition coefficient (Wildman–Crippen LogP) is 1.78. The lowest BCUT2D eigenvalue weighted by Gasteiger charge is -2.16. The number of hydrogen-bond acceptors (Lipinski definition) is 6. The van der Waals surface area contributed by atoms with Gasteiger partial charge in [0.2, 0.25) is 0 Å². The second-order valence-corrected chi connectivity index (χ2v) is 7.42. The lowest BCUT2D eigenvalue weighted by atomic mass is 10.2. The van der Waals surface area contributed by atoms with Crippen LogP contribution >= 0.6 is 0 Å². The Kier molecular flexibility index (Phi) is 5.97. The Hall–Kier alpha value is -2.61. The molecule has 0 fully saturated rings. The highest BCUT2D eigenvalue weighted by molar-refractivity contribution is 7.91. The van der Waals surface area contributed by atoms with E-state index in [2.05, 4.69) is 10.1 Å². The van der Waals surface area contributed by atoms with E-state index in [0.29, 0.717) is 0 Å². The third kappa shape index (κ3) is 4.48. The maximum atomic E-state index is 12.9. The molecule has 1 amide bonds. The summed E-state index contributed by atoms with van der Waals surface area (Å²) in [7, 11) is -3.84. The number of nitrogens with one attached hydrogen (secondary N) is 1. The summed E-state index contributed by atoms with van der Waals surface area (Å²) in [6, 6.07) is 9.42. The smallest absolute Gasteiger partial charge is 0.396 e. The van der Waals surface area contributed by atoms with Crippen LogP contribution in [0.2, 0.25) is 0 Å². The van der Waals surface area contributed by atoms with Gasteiger partial charge >= 0.3 is 11.9 Å². The average Bonchev–Trinajstić information content (AvgIpc) is 3.09. The van der Waals surface area contributed by atoms with Gasteiger partial charge in [-0.2, -0.15) is 0 Å². The molecule has 0 radical (unpaired) electrons. The van der Waals surface area contributed by atoms with Crippen molar-refractivity contribution in [3.8, 4) is 0 Å². The number of carbonyl (C=O) groups is 2. The minimum atomic E-state index is -3.84. The lowest BCUT2D eigenvalue weighted by Crippen LogP contribution is -2.37. The minimum absolute atomic E-state index is 0.0511. The number of aryl methyl sites for hydroxylation is 1. The van der Waals surface area contributed by atoms with Crippen molar-refractivity contribution in [1.82, 2.24) is 5.32 Å². The van der Waals surface area contributed by atoms with E-state index in [1.165, 1.54) is 24.5 Å². The number of ether oxygens (including phenoxy) is 1. The van der Waals surface area contributed by atoms with Gasteiger partial charge in [-0.25, -0.2) is 13.2 Å². The summed E-state index contributed by atoms with van der Waals surface area (Å²) in [6.07, 6.45) is 1.35. The van der Waals surface area contributed by atoms with E-state index in [1.807, 2.05) is 6.92 Å². The number of furan rings is 1. The number of hydrogen-bond donors (Lipinski definition) is 1. The highest BCUT2D eigenvalue weighted by Gasteiger charge is 2.32. The zero-order chi connectivity index (χ0) is 18.4. The Balaban J connectivity index is 2.26. The molecule has 0 bridgehead atoms. The van der Waals surface area contributed by atoms with Gasteiger partial charge in [-0.1, -0.05) is 17.7 Å². The van der Waals surface area contributed by atoms with Crippen molar-refractivity contribution in [2.24, 2.45) is 0 Å². The maximum absolute atomic E-state index is 12.9. The van der Waals surface area contributed by atoms with E-state index in [-0.39, 0.29) is 23.8 Å². The minimum Gasteiger partial charge on any atom is -0.468 e. The highest BCUT2D eigenvalue weighted by Crippen LogP contribution is 2.29. The SMILES string of the molecule is CCOC(=O)C(=O)NC[C@H](c1ccco1)S(=O)(=O)c1ccc(C)cc1. The Labute approximate surface area is 145 Å². The number of carbonyl (C=O) groups excluding carboxylic acids is 2. The lowest BCUT2D eigenvalue weighted by molar-refractivity contribution is -0.154. The first-order valence-corrected chi connectivity index (χ1v) is 9.19. The van der Waals surface area contributed by atoms with Crippen LogP contribution in [0, 0.1) is 6.92 Å². The Morgan fingerprint density at radius 3 is 2.44 bits per heavy atom. The maximum Gasteiger partial charge on any atom is 0.396 e. The molecule has 0 aliphatic carbocycles. The van der Waals surface area contributed by atoms with E-state index in [4.69, 9.17) is 4.42 Å². The molecule has 1 N–H and O–H groups in total. The van der Waals surface area contributed by atoms with E-state index >= 15 is 0 Å². The quantitative estimate of drug-likeness (QED) is 0.618. The van der Waals surface area contributed by atoms with Crippen LogP contribution in [0.1, 0.15) is 23.5 Å². The first-order chi connectivity index (χ1) is 11.9. The fourth-order valence-electron chi connectivity index (χ4n) is 2.18. The summed E-state index contributed by atoms with van der Waals surface area (Å²) >= 11 is 0. The molecule has 2 aromatic rings. The van der Waals surface area contributed by atoms with Crippen molar-refractivity contribution in [2.45, 2.75) is 24.0 Å². The largest absolute Gasteiger partial charge is 0.468 e. The van der Waals surface area contributed by atoms with Gasteiger partial charge < -0.3 is 14.5 Å². The molecule has 1 heterocycles. The van der Waals surface area contributed by atoms with Gasteiger partial charge in [0.05, 0.1) is 17.8 Å². The first-order valence-electron chi connectivity index (χ1n) is 7.65. The predicted molar refractivity (Wildman–Crippen MR) is 89.5 cm³/mol. The van der Waals surface area contributed by atoms with Gasteiger partial charge in [0.15, 0.2) is 9.84 Å². The number of rotatable bonds is 6. The van der Waals surface area contributed by atoms with Crippen LogP contribution in [0.5, 0.6) is 0 Å². The van der Waals surface area contributed by atoms with Crippen LogP contribution in [0.4, 0.5) is 0 Å². The zero-order valence-electron chi connectivity index (χ0n) is 13.9. The Morgan fingerprint density at radius 1 is 1.20 bits per heavy atom. The van der Waals surface area contributed by atoms with Crippen molar-refractivity contribution in [3.05, 3.63) is 54.0 Å². The monoisotopic (exact) mass is 365 g/mol. The summed E-state index contributed by atoms with van der Waals surface area (Å²) in [5.41, 5.74) is 0.920. The molecule has 0 unspecified atom stereocenters. The second kappa shape index (κ2) is 7.98. The van der Waals surface area contributed by atoms with Gasteiger partial charge in [0, 0.05) is 6.54 Å². The fraction of sp³-hybridized carbons (Fsp3) is 0.294. The summed E-state index contributed by atoms with van der Waals surface area (Å²) < 4.78 is 35.7. The van der Waals surface area contributed by atoms with Crippen molar-refractivity contribution in [3.63, 3.8) is 0 Å². The Morgan fingerprint density at radius 2 is 1.88 bits per heavy atom. The average molecular weight is 365 g/mol. The number of sulfone groups is 1. The van der Waals surface area contributed by atoms with E-state index in [0.717, 1.165) is 5.56 Å². The van der Waals surface area contributed by atoms with Gasteiger partial charge in [0.25, 0.3) is 0 Å². The van der Waals surface area contributed by atoms with Crippen LogP contribution in [0.25, 0.3) is 0 Å². The number of benzene rings is 1. The second-order valence-electron chi connectivity index (χ2n) is 5.29. The normalized spacial score (nSPS) is 12.4. The van der Waals surface area contributed by atoms with Gasteiger partial charge in [-0.15, -0.1) is 0 Å². The van der Waals surface area contributed by atoms with E-state index in [1.54, 1.807) is 25.1 Å². The van der Waals surface area contributed by atoms with Gasteiger partial charge in [-0.05, 0) is 38.1 Å². The number of esters is 1. The van der Waals surface area contributed by atoms with Crippen molar-refractivity contribution in [2.75, 3.05) is 13.2 Å². The van der Waals surface area contributed by atoms with Crippen LogP contribution in [0.3, 0.4) is 0 Å². The fourth-order valence-corrected chi connectivity index (χ4v) is 3.77. The molecule has 8 heteroatoms. The van der Waals surface area contributed by atoms with Gasteiger partial charge in [0.1, 0.15) is 11.0 Å².